The maximum Gasteiger partial charge on any atom is 0.256 e. The first kappa shape index (κ1) is 19.8. The van der Waals surface area contributed by atoms with Crippen LogP contribution in [0.25, 0.3) is 0 Å². The van der Waals surface area contributed by atoms with Gasteiger partial charge in [0, 0.05) is 37.9 Å². The molecule has 0 spiro atoms. The number of carbonyl (C=O) groups is 1. The van der Waals surface area contributed by atoms with E-state index in [2.05, 4.69) is 28.5 Å². The first-order valence-electron chi connectivity index (χ1n) is 9.36. The Kier molecular flexibility index (Phi) is 6.50. The van der Waals surface area contributed by atoms with E-state index in [1.807, 2.05) is 12.4 Å². The molecule has 0 bridgehead atoms. The maximum absolute atomic E-state index is 14.1. The molecule has 0 radical (unpaired) electrons. The summed E-state index contributed by atoms with van der Waals surface area (Å²) in [5, 5.41) is -0.0181. The van der Waals surface area contributed by atoms with Gasteiger partial charge < -0.3 is 14.4 Å². The van der Waals surface area contributed by atoms with Crippen LogP contribution >= 0.6 is 11.6 Å². The van der Waals surface area contributed by atoms with Gasteiger partial charge in [0.05, 0.1) is 10.6 Å². The van der Waals surface area contributed by atoms with E-state index in [4.69, 9.17) is 11.6 Å². The number of amides is 1. The molecule has 2 heterocycles. The largest absolute Gasteiger partial charge is 0.339 e. The quantitative estimate of drug-likeness (QED) is 0.753. The minimum atomic E-state index is -0.636. The molecule has 3 rings (SSSR count). The average molecular weight is 393 g/mol. The van der Waals surface area contributed by atoms with Crippen LogP contribution in [0.4, 0.5) is 4.39 Å². The van der Waals surface area contributed by atoms with E-state index in [1.165, 1.54) is 12.1 Å². The van der Waals surface area contributed by atoms with Gasteiger partial charge in [0.1, 0.15) is 5.82 Å². The summed E-state index contributed by atoms with van der Waals surface area (Å²) in [5.74, 6) is 0.493. The second-order valence-electron chi connectivity index (χ2n) is 7.30. The van der Waals surface area contributed by atoms with Gasteiger partial charge in [0.2, 0.25) is 0 Å². The summed E-state index contributed by atoms with van der Waals surface area (Å²) in [6.45, 7) is 3.18. The molecule has 0 saturated carbocycles. The number of carbonyl (C=O) groups excluding carboxylic acids is 1. The third-order valence-electron chi connectivity index (χ3n) is 5.08. The SMILES string of the molecule is CN(C)CCCn1ccnc1C1CCN(C(=O)c2cccc(Cl)c2F)CC1. The lowest BCUT2D eigenvalue weighted by molar-refractivity contribution is 0.0705. The van der Waals surface area contributed by atoms with E-state index >= 15 is 0 Å². The number of benzene rings is 1. The Morgan fingerprint density at radius 1 is 1.33 bits per heavy atom. The highest BCUT2D eigenvalue weighted by molar-refractivity contribution is 6.31. The number of hydrogen-bond donors (Lipinski definition) is 0. The lowest BCUT2D eigenvalue weighted by Gasteiger charge is -2.32. The smallest absolute Gasteiger partial charge is 0.256 e. The fourth-order valence-corrected chi connectivity index (χ4v) is 3.78. The van der Waals surface area contributed by atoms with Crippen LogP contribution in [-0.4, -0.2) is 59.0 Å². The molecule has 1 aliphatic rings. The summed E-state index contributed by atoms with van der Waals surface area (Å²) in [7, 11) is 4.15. The number of aromatic nitrogens is 2. The van der Waals surface area contributed by atoms with E-state index < -0.39 is 5.82 Å². The summed E-state index contributed by atoms with van der Waals surface area (Å²) in [5.41, 5.74) is 0.0473. The minimum absolute atomic E-state index is 0.0181. The molecule has 1 amide bonds. The standard InChI is InChI=1S/C20H26ClFN4O/c1-24(2)10-4-11-25-14-9-23-19(25)15-7-12-26(13-8-15)20(27)16-5-3-6-17(21)18(16)22/h3,5-6,9,14-15H,4,7-8,10-13H2,1-2H3. The second kappa shape index (κ2) is 8.85. The molecular formula is C20H26ClFN4O. The zero-order valence-corrected chi connectivity index (χ0v) is 16.6. The summed E-state index contributed by atoms with van der Waals surface area (Å²) in [4.78, 5) is 21.1. The van der Waals surface area contributed by atoms with Crippen LogP contribution in [0.2, 0.25) is 5.02 Å². The zero-order valence-electron chi connectivity index (χ0n) is 15.9. The van der Waals surface area contributed by atoms with Gasteiger partial charge in [0.25, 0.3) is 5.91 Å². The van der Waals surface area contributed by atoms with E-state index in [0.29, 0.717) is 19.0 Å². The van der Waals surface area contributed by atoms with Gasteiger partial charge in [-0.2, -0.15) is 0 Å². The van der Waals surface area contributed by atoms with Gasteiger partial charge in [-0.1, -0.05) is 17.7 Å². The van der Waals surface area contributed by atoms with Gasteiger partial charge in [-0.15, -0.1) is 0 Å². The number of rotatable bonds is 6. The summed E-state index contributed by atoms with van der Waals surface area (Å²) in [6, 6.07) is 4.55. The second-order valence-corrected chi connectivity index (χ2v) is 7.71. The number of aryl methyl sites for hydroxylation is 1. The number of hydrogen-bond acceptors (Lipinski definition) is 3. The molecule has 0 N–H and O–H groups in total. The third kappa shape index (κ3) is 4.68. The Balaban J connectivity index is 1.60. The predicted molar refractivity (Wildman–Crippen MR) is 105 cm³/mol. The molecule has 1 aromatic heterocycles. The first-order chi connectivity index (χ1) is 13.0. The highest BCUT2D eigenvalue weighted by atomic mass is 35.5. The van der Waals surface area contributed by atoms with Crippen molar-refractivity contribution in [3.05, 3.63) is 52.8 Å². The Bertz CT molecular complexity index is 784. The molecule has 7 heteroatoms. The van der Waals surface area contributed by atoms with Crippen molar-refractivity contribution in [2.75, 3.05) is 33.7 Å². The molecule has 5 nitrogen and oxygen atoms in total. The van der Waals surface area contributed by atoms with Crippen molar-refractivity contribution in [2.24, 2.45) is 0 Å². The van der Waals surface area contributed by atoms with E-state index in [-0.39, 0.29) is 16.5 Å². The van der Waals surface area contributed by atoms with Gasteiger partial charge in [-0.05, 0) is 52.0 Å². The Morgan fingerprint density at radius 2 is 2.07 bits per heavy atom. The molecule has 0 aliphatic carbocycles. The lowest BCUT2D eigenvalue weighted by atomic mass is 9.95. The van der Waals surface area contributed by atoms with Crippen LogP contribution < -0.4 is 0 Å². The van der Waals surface area contributed by atoms with Crippen molar-refractivity contribution in [3.63, 3.8) is 0 Å². The molecule has 146 valence electrons. The van der Waals surface area contributed by atoms with E-state index in [9.17, 15) is 9.18 Å². The highest BCUT2D eigenvalue weighted by Crippen LogP contribution is 2.28. The average Bonchev–Trinajstić information content (AvgIpc) is 3.12. The molecule has 1 saturated heterocycles. The number of nitrogens with zero attached hydrogens (tertiary/aromatic N) is 4. The summed E-state index contributed by atoms with van der Waals surface area (Å²) in [6.07, 6.45) is 6.62. The molecule has 1 aromatic carbocycles. The monoisotopic (exact) mass is 392 g/mol. The molecule has 1 fully saturated rings. The van der Waals surface area contributed by atoms with Crippen molar-refractivity contribution >= 4 is 17.5 Å². The predicted octanol–water partition coefficient (Wildman–Crippen LogP) is 3.65. The maximum atomic E-state index is 14.1. The van der Waals surface area contributed by atoms with Gasteiger partial charge >= 0.3 is 0 Å². The lowest BCUT2D eigenvalue weighted by Crippen LogP contribution is -2.38. The number of likely N-dealkylation sites (tertiary alicyclic amines) is 1. The number of imidazole rings is 1. The third-order valence-corrected chi connectivity index (χ3v) is 5.37. The fraction of sp³-hybridized carbons (Fsp3) is 0.500. The van der Waals surface area contributed by atoms with Gasteiger partial charge in [-0.3, -0.25) is 4.79 Å². The van der Waals surface area contributed by atoms with Crippen molar-refractivity contribution in [2.45, 2.75) is 31.7 Å². The highest BCUT2D eigenvalue weighted by Gasteiger charge is 2.28. The number of halogens is 2. The first-order valence-corrected chi connectivity index (χ1v) is 9.74. The van der Waals surface area contributed by atoms with Crippen molar-refractivity contribution < 1.29 is 9.18 Å². The van der Waals surface area contributed by atoms with E-state index in [0.717, 1.165) is 38.2 Å². The Labute approximate surface area is 164 Å². The summed E-state index contributed by atoms with van der Waals surface area (Å²) >= 11 is 5.81. The van der Waals surface area contributed by atoms with Crippen LogP contribution in [0.15, 0.2) is 30.6 Å². The van der Waals surface area contributed by atoms with Crippen LogP contribution in [0.1, 0.15) is 41.4 Å². The fourth-order valence-electron chi connectivity index (χ4n) is 3.61. The Morgan fingerprint density at radius 3 is 2.78 bits per heavy atom. The molecule has 0 unspecified atom stereocenters. The van der Waals surface area contributed by atoms with Crippen LogP contribution in [0.3, 0.4) is 0 Å². The molecule has 2 aromatic rings. The van der Waals surface area contributed by atoms with Crippen molar-refractivity contribution in [1.82, 2.24) is 19.4 Å². The van der Waals surface area contributed by atoms with Gasteiger partial charge in [-0.25, -0.2) is 9.37 Å². The topological polar surface area (TPSA) is 41.4 Å². The number of piperidine rings is 1. The molecule has 0 atom stereocenters. The van der Waals surface area contributed by atoms with Gasteiger partial charge in [0.15, 0.2) is 5.82 Å². The molecule has 27 heavy (non-hydrogen) atoms. The van der Waals surface area contributed by atoms with Crippen molar-refractivity contribution in [3.8, 4) is 0 Å². The van der Waals surface area contributed by atoms with Crippen LogP contribution in [0.5, 0.6) is 0 Å². The summed E-state index contributed by atoms with van der Waals surface area (Å²) < 4.78 is 16.4. The van der Waals surface area contributed by atoms with Crippen LogP contribution in [0, 0.1) is 5.82 Å². The minimum Gasteiger partial charge on any atom is -0.339 e. The Hall–Kier alpha value is -1.92. The molecule has 1 aliphatic heterocycles. The van der Waals surface area contributed by atoms with E-state index in [1.54, 1.807) is 11.0 Å². The molecular weight excluding hydrogens is 367 g/mol. The normalized spacial score (nSPS) is 15.5. The van der Waals surface area contributed by atoms with Crippen LogP contribution in [-0.2, 0) is 6.54 Å². The van der Waals surface area contributed by atoms with Crippen molar-refractivity contribution in [1.29, 1.82) is 0 Å². The zero-order chi connectivity index (χ0) is 19.4.